The van der Waals surface area contributed by atoms with Crippen molar-refractivity contribution in [1.29, 1.82) is 0 Å². The molecule has 0 fully saturated rings. The van der Waals surface area contributed by atoms with Gasteiger partial charge in [-0.1, -0.05) is 10.5 Å². The van der Waals surface area contributed by atoms with Crippen molar-refractivity contribution in [2.24, 2.45) is 0 Å². The second kappa shape index (κ2) is 9.98. The second-order valence-electron chi connectivity index (χ2n) is 3.30. The van der Waals surface area contributed by atoms with Crippen LogP contribution in [0.3, 0.4) is 0 Å². The minimum absolute atomic E-state index is 0.826. The third-order valence-electron chi connectivity index (χ3n) is 2.18. The molecule has 0 radical (unpaired) electrons. The van der Waals surface area contributed by atoms with Gasteiger partial charge in [-0.15, -0.1) is 57.0 Å². The molecule has 18 heavy (non-hydrogen) atoms. The Morgan fingerprint density at radius 2 is 1.61 bits per heavy atom. The van der Waals surface area contributed by atoms with Crippen LogP contribution in [0.2, 0.25) is 0 Å². The summed E-state index contributed by atoms with van der Waals surface area (Å²) in [6.07, 6.45) is 0. The first-order chi connectivity index (χ1) is 8.79. The molecule has 0 saturated carbocycles. The molecule has 0 aliphatic carbocycles. The van der Waals surface area contributed by atoms with Crippen LogP contribution < -0.4 is 0 Å². The maximum Gasteiger partial charge on any atom is -0.172 e. The quantitative estimate of drug-likeness (QED) is 0.385. The Morgan fingerprint density at radius 1 is 1.00 bits per heavy atom. The van der Waals surface area contributed by atoms with Crippen molar-refractivity contribution < 1.29 is 20.8 Å². The van der Waals surface area contributed by atoms with E-state index in [1.807, 2.05) is 36.4 Å². The molecule has 0 amide bonds. The summed E-state index contributed by atoms with van der Waals surface area (Å²) in [5.41, 5.74) is 0. The zero-order chi connectivity index (χ0) is 13.2. The second-order valence-corrected chi connectivity index (χ2v) is 7.89. The van der Waals surface area contributed by atoms with Crippen LogP contribution in [-0.2, 0) is 20.8 Å². The van der Waals surface area contributed by atoms with Gasteiger partial charge in [-0.05, 0) is 0 Å². The molecule has 0 nitrogen and oxygen atoms in total. The maximum atomic E-state index is 4.93. The predicted octanol–water partition coefficient (Wildman–Crippen LogP) is 6.10. The Hall–Kier alpha value is 0.123. The normalized spacial score (nSPS) is 8.61. The van der Waals surface area contributed by atoms with Crippen LogP contribution in [-0.4, -0.2) is 0 Å². The Labute approximate surface area is 134 Å². The zero-order valence-electron chi connectivity index (χ0n) is 9.48. The van der Waals surface area contributed by atoms with Crippen LogP contribution in [0.5, 0.6) is 0 Å². The van der Waals surface area contributed by atoms with Crippen molar-refractivity contribution in [3.05, 3.63) is 71.2 Å². The molecule has 0 heterocycles. The molecule has 0 aromatic heterocycles. The Bertz CT molecular complexity index is 514. The molecule has 3 aromatic rings. The zero-order valence-corrected chi connectivity index (χ0v) is 15.0. The van der Waals surface area contributed by atoms with E-state index in [-0.39, 0.29) is 0 Å². The first kappa shape index (κ1) is 16.2. The molecule has 0 N–H and O–H groups in total. The van der Waals surface area contributed by atoms with Gasteiger partial charge in [0.15, 0.2) is 0 Å². The van der Waals surface area contributed by atoms with Gasteiger partial charge in [-0.2, -0.15) is 18.2 Å². The van der Waals surface area contributed by atoms with Gasteiger partial charge in [0.05, 0.1) is 0 Å². The monoisotopic (exact) mass is 418 g/mol. The third kappa shape index (κ3) is 5.84. The van der Waals surface area contributed by atoms with E-state index in [4.69, 9.17) is 17.0 Å². The number of fused-ring (bicyclic) bond motifs is 1. The largest absolute Gasteiger partial charge is 0.214 e. The molecule has 0 unspecified atom stereocenters. The number of rotatable bonds is 0. The molecular weight excluding hydrogens is 410 g/mol. The van der Waals surface area contributed by atoms with Gasteiger partial charge >= 0.3 is 37.9 Å². The summed E-state index contributed by atoms with van der Waals surface area (Å²) >= 11 is 2.64. The summed E-state index contributed by atoms with van der Waals surface area (Å²) < 4.78 is 1.18. The van der Waals surface area contributed by atoms with Crippen LogP contribution in [0.1, 0.15) is 0 Å². The minimum atomic E-state index is -0.826. The van der Waals surface area contributed by atoms with E-state index in [1.165, 1.54) is 15.2 Å². The van der Waals surface area contributed by atoms with Crippen LogP contribution in [0.15, 0.2) is 71.2 Å². The van der Waals surface area contributed by atoms with E-state index in [1.54, 1.807) is 0 Å². The van der Waals surface area contributed by atoms with Crippen LogP contribution in [0, 0.1) is 0 Å². The molecule has 0 aliphatic heterocycles. The first-order valence-electron chi connectivity index (χ1n) is 5.22. The van der Waals surface area contributed by atoms with Crippen LogP contribution >= 0.6 is 33.0 Å². The van der Waals surface area contributed by atoms with Crippen LogP contribution in [0.25, 0.3) is 10.8 Å². The predicted molar refractivity (Wildman–Crippen MR) is 81.0 cm³/mol. The van der Waals surface area contributed by atoms with E-state index in [0.717, 1.165) is 0 Å². The van der Waals surface area contributed by atoms with Crippen molar-refractivity contribution in [3.63, 3.8) is 0 Å². The van der Waals surface area contributed by atoms with Crippen LogP contribution in [0.4, 0.5) is 0 Å². The molecule has 0 atom stereocenters. The maximum absolute atomic E-state index is 4.93. The number of hydrogen-bond acceptors (Lipinski definition) is 0. The molecule has 0 bridgehead atoms. The van der Waals surface area contributed by atoms with E-state index in [2.05, 4.69) is 46.3 Å². The fourth-order valence-electron chi connectivity index (χ4n) is 1.43. The van der Waals surface area contributed by atoms with Gasteiger partial charge in [-0.3, -0.25) is 0 Å². The van der Waals surface area contributed by atoms with Crippen molar-refractivity contribution in [2.45, 2.75) is 0 Å². The standard InChI is InChI=1S/C9H6Br.C5H5.2ClH.Zr/c10-9-6-5-7-3-1-2-4-8(7)9;1-2-4-5-3-1;;;/h1-6H;1-5H;2*1H;/q2*-1;;;+4/p-2. The summed E-state index contributed by atoms with van der Waals surface area (Å²) in [6.45, 7) is 0. The molecular formula is C14H11BrCl2Zr. The SMILES string of the molecule is Brc1c[cH-]c2ccccc12.[Cl][Zr+2][Cl].c1cc[cH-]c1. The van der Waals surface area contributed by atoms with Gasteiger partial charge in [0, 0.05) is 0 Å². The molecule has 0 aliphatic rings. The first-order valence-corrected chi connectivity index (χ1v) is 12.3. The van der Waals surface area contributed by atoms with Crippen molar-refractivity contribution in [2.75, 3.05) is 0 Å². The van der Waals surface area contributed by atoms with Gasteiger partial charge in [-0.25, -0.2) is 12.1 Å². The third-order valence-corrected chi connectivity index (χ3v) is 2.87. The summed E-state index contributed by atoms with van der Waals surface area (Å²) in [7, 11) is 9.87. The van der Waals surface area contributed by atoms with Gasteiger partial charge in [0.1, 0.15) is 0 Å². The van der Waals surface area contributed by atoms with Crippen molar-refractivity contribution >= 4 is 43.7 Å². The molecule has 0 saturated heterocycles. The number of hydrogen-bond donors (Lipinski definition) is 0. The average Bonchev–Trinajstić information content (AvgIpc) is 3.05. The molecule has 3 rings (SSSR count). The Morgan fingerprint density at radius 3 is 2.11 bits per heavy atom. The van der Waals surface area contributed by atoms with Crippen molar-refractivity contribution in [1.82, 2.24) is 0 Å². The molecule has 3 aromatic carbocycles. The van der Waals surface area contributed by atoms with E-state index in [0.29, 0.717) is 0 Å². The van der Waals surface area contributed by atoms with E-state index in [9.17, 15) is 0 Å². The summed E-state index contributed by atoms with van der Waals surface area (Å²) in [5.74, 6) is 0. The number of halogens is 3. The van der Waals surface area contributed by atoms with Gasteiger partial charge in [0.2, 0.25) is 0 Å². The van der Waals surface area contributed by atoms with Gasteiger partial charge in [0.25, 0.3) is 0 Å². The van der Waals surface area contributed by atoms with Crippen molar-refractivity contribution in [3.8, 4) is 0 Å². The summed E-state index contributed by atoms with van der Waals surface area (Å²) in [6, 6.07) is 22.5. The summed E-state index contributed by atoms with van der Waals surface area (Å²) in [5, 5.41) is 2.59. The molecule has 92 valence electrons. The topological polar surface area (TPSA) is 0 Å². The smallest absolute Gasteiger partial charge is 0.172 e. The fraction of sp³-hybridized carbons (Fsp3) is 0. The van der Waals surface area contributed by atoms with E-state index >= 15 is 0 Å². The molecule has 0 spiro atoms. The summed E-state index contributed by atoms with van der Waals surface area (Å²) in [4.78, 5) is 0. The van der Waals surface area contributed by atoms with E-state index < -0.39 is 20.8 Å². The fourth-order valence-corrected chi connectivity index (χ4v) is 1.93. The number of benzene rings is 1. The van der Waals surface area contributed by atoms with Gasteiger partial charge < -0.3 is 0 Å². The molecule has 4 heteroatoms. The average molecular weight is 421 g/mol. The Balaban J connectivity index is 0.000000170. The minimum Gasteiger partial charge on any atom is -0.214 e. The Kier molecular flexibility index (Phi) is 8.97.